The summed E-state index contributed by atoms with van der Waals surface area (Å²) < 4.78 is 7.56. The predicted molar refractivity (Wildman–Crippen MR) is 81.0 cm³/mol. The van der Waals surface area contributed by atoms with Crippen LogP contribution in [-0.4, -0.2) is 15.2 Å². The van der Waals surface area contributed by atoms with Gasteiger partial charge in [-0.25, -0.2) is 4.98 Å². The van der Waals surface area contributed by atoms with Crippen LogP contribution >= 0.6 is 11.6 Å². The molecular weight excluding hydrogens is 288 g/mol. The number of para-hydroxylation sites is 1. The van der Waals surface area contributed by atoms with Crippen LogP contribution in [0.4, 0.5) is 0 Å². The predicted octanol–water partition coefficient (Wildman–Crippen LogP) is 3.77. The lowest BCUT2D eigenvalue weighted by Crippen LogP contribution is -2.01. The van der Waals surface area contributed by atoms with E-state index in [-0.39, 0.29) is 12.4 Å². The number of hydrogen-bond acceptors (Lipinski definition) is 3. The van der Waals surface area contributed by atoms with Gasteiger partial charge in [-0.05, 0) is 31.2 Å². The number of hydrogen-bond donors (Lipinski definition) is 0. The van der Waals surface area contributed by atoms with Crippen molar-refractivity contribution in [3.8, 4) is 5.75 Å². The van der Waals surface area contributed by atoms with Crippen LogP contribution in [0.25, 0.3) is 5.65 Å². The molecule has 0 radical (unpaired) electrons. The molecule has 5 heteroatoms. The highest BCUT2D eigenvalue weighted by molar-refractivity contribution is 6.33. The summed E-state index contributed by atoms with van der Waals surface area (Å²) in [7, 11) is 0. The molecule has 0 saturated heterocycles. The van der Waals surface area contributed by atoms with Crippen LogP contribution in [0, 0.1) is 0 Å². The first-order valence-electron chi connectivity index (χ1n) is 6.50. The van der Waals surface area contributed by atoms with Crippen LogP contribution in [0.5, 0.6) is 5.75 Å². The Hall–Kier alpha value is -2.33. The van der Waals surface area contributed by atoms with Gasteiger partial charge in [0.15, 0.2) is 11.4 Å². The van der Waals surface area contributed by atoms with E-state index in [1.54, 1.807) is 18.2 Å². The molecule has 0 aliphatic rings. The van der Waals surface area contributed by atoms with Gasteiger partial charge in [0.2, 0.25) is 0 Å². The number of pyridine rings is 1. The van der Waals surface area contributed by atoms with Crippen LogP contribution in [0.15, 0.2) is 48.8 Å². The topological polar surface area (TPSA) is 43.6 Å². The van der Waals surface area contributed by atoms with E-state index in [1.807, 2.05) is 35.0 Å². The normalized spacial score (nSPS) is 10.8. The molecule has 21 heavy (non-hydrogen) atoms. The number of halogens is 1. The molecule has 2 aromatic heterocycles. The lowest BCUT2D eigenvalue weighted by molar-refractivity contribution is 0.101. The summed E-state index contributed by atoms with van der Waals surface area (Å²) in [6, 6.07) is 10.8. The second-order valence-electron chi connectivity index (χ2n) is 4.66. The Labute approximate surface area is 126 Å². The van der Waals surface area contributed by atoms with Gasteiger partial charge in [-0.1, -0.05) is 23.7 Å². The van der Waals surface area contributed by atoms with Crippen LogP contribution in [-0.2, 0) is 6.61 Å². The first-order valence-corrected chi connectivity index (χ1v) is 6.88. The Kier molecular flexibility index (Phi) is 3.62. The summed E-state index contributed by atoms with van der Waals surface area (Å²) in [4.78, 5) is 16.0. The molecule has 3 aromatic rings. The minimum atomic E-state index is -0.0244. The molecule has 2 heterocycles. The first-order chi connectivity index (χ1) is 10.1. The molecule has 0 saturated carbocycles. The van der Waals surface area contributed by atoms with Crippen LogP contribution in [0.1, 0.15) is 23.0 Å². The zero-order valence-electron chi connectivity index (χ0n) is 11.4. The van der Waals surface area contributed by atoms with Gasteiger partial charge in [-0.15, -0.1) is 0 Å². The largest absolute Gasteiger partial charge is 0.486 e. The fourth-order valence-electron chi connectivity index (χ4n) is 2.13. The molecule has 0 aliphatic carbocycles. The van der Waals surface area contributed by atoms with Crippen molar-refractivity contribution in [3.05, 3.63) is 65.1 Å². The van der Waals surface area contributed by atoms with E-state index in [1.165, 1.54) is 6.92 Å². The van der Waals surface area contributed by atoms with E-state index < -0.39 is 0 Å². The molecule has 0 bridgehead atoms. The Morgan fingerprint density at radius 2 is 2.10 bits per heavy atom. The highest BCUT2D eigenvalue weighted by atomic mass is 35.5. The Morgan fingerprint density at radius 3 is 2.86 bits per heavy atom. The molecule has 0 fully saturated rings. The first kappa shape index (κ1) is 13.6. The van der Waals surface area contributed by atoms with Crippen molar-refractivity contribution >= 4 is 23.0 Å². The monoisotopic (exact) mass is 300 g/mol. The van der Waals surface area contributed by atoms with Gasteiger partial charge in [0, 0.05) is 12.4 Å². The number of ketones is 1. The zero-order valence-corrected chi connectivity index (χ0v) is 12.2. The summed E-state index contributed by atoms with van der Waals surface area (Å²) in [5.74, 6) is 0.539. The Bertz CT molecular complexity index is 811. The molecule has 3 rings (SSSR count). The van der Waals surface area contributed by atoms with E-state index >= 15 is 0 Å². The van der Waals surface area contributed by atoms with Gasteiger partial charge in [-0.2, -0.15) is 0 Å². The van der Waals surface area contributed by atoms with E-state index in [0.29, 0.717) is 22.0 Å². The van der Waals surface area contributed by atoms with E-state index in [9.17, 15) is 4.79 Å². The fourth-order valence-corrected chi connectivity index (χ4v) is 2.35. The smallest absolute Gasteiger partial charge is 0.163 e. The van der Waals surface area contributed by atoms with Crippen molar-refractivity contribution in [2.24, 2.45) is 0 Å². The second kappa shape index (κ2) is 5.58. The number of ether oxygens (including phenoxy) is 1. The van der Waals surface area contributed by atoms with Gasteiger partial charge in [0.1, 0.15) is 12.4 Å². The Morgan fingerprint density at radius 1 is 1.29 bits per heavy atom. The summed E-state index contributed by atoms with van der Waals surface area (Å²) in [5, 5.41) is 0.591. The standard InChI is InChI=1S/C16H13ClN2O2/c1-11(20)13-5-2-3-7-15(13)21-10-12-9-19-8-4-6-14(17)16(19)18-12/h2-9H,10H2,1H3. The van der Waals surface area contributed by atoms with Gasteiger partial charge in [0.25, 0.3) is 0 Å². The molecule has 106 valence electrons. The molecule has 1 aromatic carbocycles. The molecular formula is C16H13ClN2O2. The number of rotatable bonds is 4. The van der Waals surface area contributed by atoms with Crippen LogP contribution < -0.4 is 4.74 Å². The molecule has 0 spiro atoms. The summed E-state index contributed by atoms with van der Waals surface area (Å²) in [6.45, 7) is 1.80. The van der Waals surface area contributed by atoms with Crippen molar-refractivity contribution in [1.29, 1.82) is 0 Å². The third-order valence-electron chi connectivity index (χ3n) is 3.13. The lowest BCUT2D eigenvalue weighted by Gasteiger charge is -2.07. The second-order valence-corrected chi connectivity index (χ2v) is 5.07. The average molecular weight is 301 g/mol. The van der Waals surface area contributed by atoms with Crippen molar-refractivity contribution in [2.75, 3.05) is 0 Å². The molecule has 0 N–H and O–H groups in total. The molecule has 0 aliphatic heterocycles. The van der Waals surface area contributed by atoms with Crippen molar-refractivity contribution in [1.82, 2.24) is 9.38 Å². The Balaban J connectivity index is 1.84. The number of benzene rings is 1. The third-order valence-corrected chi connectivity index (χ3v) is 3.42. The fraction of sp³-hybridized carbons (Fsp3) is 0.125. The molecule has 0 amide bonds. The quantitative estimate of drug-likeness (QED) is 0.689. The van der Waals surface area contributed by atoms with Gasteiger partial charge < -0.3 is 9.14 Å². The number of Topliss-reactive ketones (excluding diaryl/α,β-unsaturated/α-hetero) is 1. The summed E-state index contributed by atoms with van der Waals surface area (Å²) in [6.07, 6.45) is 3.73. The number of carbonyl (C=O) groups is 1. The van der Waals surface area contributed by atoms with Crippen LogP contribution in [0.3, 0.4) is 0 Å². The number of aromatic nitrogens is 2. The minimum Gasteiger partial charge on any atom is -0.486 e. The lowest BCUT2D eigenvalue weighted by atomic mass is 10.1. The maximum Gasteiger partial charge on any atom is 0.163 e. The SMILES string of the molecule is CC(=O)c1ccccc1OCc1cn2cccc(Cl)c2n1. The van der Waals surface area contributed by atoms with Crippen molar-refractivity contribution in [2.45, 2.75) is 13.5 Å². The van der Waals surface area contributed by atoms with Gasteiger partial charge in [-0.3, -0.25) is 4.79 Å². The minimum absolute atomic E-state index is 0.0244. The van der Waals surface area contributed by atoms with Gasteiger partial charge in [0.05, 0.1) is 16.3 Å². The van der Waals surface area contributed by atoms with Crippen molar-refractivity contribution < 1.29 is 9.53 Å². The maximum absolute atomic E-state index is 11.5. The van der Waals surface area contributed by atoms with Crippen LogP contribution in [0.2, 0.25) is 5.02 Å². The number of imidazole rings is 1. The average Bonchev–Trinajstić information content (AvgIpc) is 2.90. The van der Waals surface area contributed by atoms with Crippen molar-refractivity contribution in [3.63, 3.8) is 0 Å². The summed E-state index contributed by atoms with van der Waals surface area (Å²) >= 11 is 6.09. The van der Waals surface area contributed by atoms with E-state index in [4.69, 9.17) is 16.3 Å². The van der Waals surface area contributed by atoms with Gasteiger partial charge >= 0.3 is 0 Å². The summed E-state index contributed by atoms with van der Waals surface area (Å²) in [5.41, 5.74) is 2.01. The third kappa shape index (κ3) is 2.76. The zero-order chi connectivity index (χ0) is 14.8. The number of fused-ring (bicyclic) bond motifs is 1. The molecule has 0 atom stereocenters. The maximum atomic E-state index is 11.5. The highest BCUT2D eigenvalue weighted by Gasteiger charge is 2.09. The van der Waals surface area contributed by atoms with E-state index in [2.05, 4.69) is 4.98 Å². The molecule has 4 nitrogen and oxygen atoms in total. The highest BCUT2D eigenvalue weighted by Crippen LogP contribution is 2.21. The number of nitrogens with zero attached hydrogens (tertiary/aromatic N) is 2. The number of carbonyl (C=O) groups excluding carboxylic acids is 1. The molecule has 0 unspecified atom stereocenters. The van der Waals surface area contributed by atoms with E-state index in [0.717, 1.165) is 5.69 Å².